The Morgan fingerprint density at radius 3 is 2.38 bits per heavy atom. The number of aromatic nitrogens is 2. The van der Waals surface area contributed by atoms with E-state index < -0.39 is 5.92 Å². The summed E-state index contributed by atoms with van der Waals surface area (Å²) in [5, 5.41) is 4.72. The molecule has 2 aromatic carbocycles. The number of carbonyl (C=O) groups is 2. The number of Topliss-reactive ketones (excluding diaryl/α,β-unsaturated/α-hetero) is 1. The van der Waals surface area contributed by atoms with Crippen LogP contribution in [0.4, 0.5) is 14.5 Å². The molecule has 3 atom stereocenters. The molecule has 8 nitrogen and oxygen atoms in total. The molecule has 0 saturated heterocycles. The van der Waals surface area contributed by atoms with Gasteiger partial charge in [-0.3, -0.25) is 14.6 Å². The van der Waals surface area contributed by atoms with Crippen molar-refractivity contribution in [1.82, 2.24) is 9.97 Å². The third-order valence-corrected chi connectivity index (χ3v) is 9.92. The molecule has 266 valence electrons. The number of nitrogens with two attached hydrogens (primary N) is 2. The number of halogens is 2. The van der Waals surface area contributed by atoms with Crippen LogP contribution in [-0.4, -0.2) is 48.3 Å². The largest absolute Gasteiger partial charge is 0.494 e. The number of pyridine rings is 1. The highest BCUT2D eigenvalue weighted by molar-refractivity contribution is 7.18. The molecule has 3 heterocycles. The highest BCUT2D eigenvalue weighted by atomic mass is 32.1. The third-order valence-electron chi connectivity index (χ3n) is 8.76. The maximum Gasteiger partial charge on any atom is 0.242 e. The maximum atomic E-state index is 13.7. The van der Waals surface area contributed by atoms with E-state index in [-0.39, 0.29) is 24.0 Å². The predicted octanol–water partition coefficient (Wildman–Crippen LogP) is 8.77. The van der Waals surface area contributed by atoms with Crippen LogP contribution in [0.5, 0.6) is 5.75 Å². The van der Waals surface area contributed by atoms with Crippen molar-refractivity contribution in [3.63, 3.8) is 0 Å². The van der Waals surface area contributed by atoms with E-state index >= 15 is 0 Å². The number of ketones is 1. The molecule has 5 N–H and O–H groups in total. The highest BCUT2D eigenvalue weighted by Gasteiger charge is 2.30. The molecule has 2 aromatic heterocycles. The second-order valence-electron chi connectivity index (χ2n) is 13.2. The number of nitrogens with one attached hydrogen (secondary N) is 1. The minimum atomic E-state index is -2.50. The van der Waals surface area contributed by atoms with Gasteiger partial charge in [0.1, 0.15) is 11.3 Å². The fourth-order valence-corrected chi connectivity index (χ4v) is 7.24. The average Bonchev–Trinajstić information content (AvgIpc) is 3.73. The van der Waals surface area contributed by atoms with E-state index in [0.29, 0.717) is 36.1 Å². The summed E-state index contributed by atoms with van der Waals surface area (Å²) < 4.78 is 28.7. The van der Waals surface area contributed by atoms with E-state index in [0.717, 1.165) is 69.4 Å². The number of methoxy groups -OCH3 is 1. The zero-order valence-electron chi connectivity index (χ0n) is 29.4. The van der Waals surface area contributed by atoms with E-state index in [1.165, 1.54) is 18.4 Å². The fraction of sp³-hybridized carbons (Fsp3) is 0.385. The molecular formula is C39H47F2N5O3S. The number of thiazole rings is 1. The van der Waals surface area contributed by atoms with Gasteiger partial charge < -0.3 is 21.5 Å². The van der Waals surface area contributed by atoms with Crippen molar-refractivity contribution in [1.29, 1.82) is 0 Å². The Balaban J connectivity index is 0.000000637. The van der Waals surface area contributed by atoms with Gasteiger partial charge >= 0.3 is 0 Å². The molecule has 2 aliphatic rings. The lowest BCUT2D eigenvalue weighted by atomic mass is 9.84. The van der Waals surface area contributed by atoms with Gasteiger partial charge in [0.25, 0.3) is 0 Å². The molecule has 1 aliphatic carbocycles. The number of ether oxygens (including phenoxy) is 1. The van der Waals surface area contributed by atoms with Crippen molar-refractivity contribution >= 4 is 51.6 Å². The maximum absolute atomic E-state index is 13.7. The smallest absolute Gasteiger partial charge is 0.242 e. The second-order valence-corrected chi connectivity index (χ2v) is 14.2. The number of alkyl halides is 2. The van der Waals surface area contributed by atoms with E-state index in [1.54, 1.807) is 18.4 Å². The topological polar surface area (TPSA) is 133 Å². The van der Waals surface area contributed by atoms with Crippen LogP contribution < -0.4 is 21.5 Å². The number of nitrogens with zero attached hydrogens (tertiary/aromatic N) is 2. The Kier molecular flexibility index (Phi) is 12.6. The summed E-state index contributed by atoms with van der Waals surface area (Å²) in [4.78, 5) is 32.3. The van der Waals surface area contributed by atoms with Crippen molar-refractivity contribution in [3.05, 3.63) is 82.5 Å². The van der Waals surface area contributed by atoms with Crippen molar-refractivity contribution in [2.24, 2.45) is 17.4 Å². The SMILES string of the molecule is C=Cc1ccc(-c2nc(C(CN)C(C)CC(=O)c3cc(OC)c4nc(C5CC5)sc4c3)cc3c2NCC3C)cc1C=C.CC(C)(F)F.NC=O. The monoisotopic (exact) mass is 703 g/mol. The zero-order valence-corrected chi connectivity index (χ0v) is 30.2. The van der Waals surface area contributed by atoms with E-state index in [9.17, 15) is 13.6 Å². The van der Waals surface area contributed by atoms with Gasteiger partial charge in [-0.05, 0) is 73.6 Å². The molecule has 1 saturated carbocycles. The Labute approximate surface area is 297 Å². The summed E-state index contributed by atoms with van der Waals surface area (Å²) in [7, 11) is 1.64. The van der Waals surface area contributed by atoms with Crippen molar-refractivity contribution in [3.8, 4) is 17.0 Å². The van der Waals surface area contributed by atoms with E-state index in [2.05, 4.69) is 62.3 Å². The molecule has 1 aliphatic heterocycles. The van der Waals surface area contributed by atoms with Crippen LogP contribution in [0.2, 0.25) is 0 Å². The van der Waals surface area contributed by atoms with Gasteiger partial charge in [0.05, 0.1) is 28.2 Å². The van der Waals surface area contributed by atoms with Crippen LogP contribution in [-0.2, 0) is 4.79 Å². The van der Waals surface area contributed by atoms with E-state index in [1.807, 2.05) is 24.3 Å². The lowest BCUT2D eigenvalue weighted by molar-refractivity contribution is -0.106. The first-order chi connectivity index (χ1) is 23.8. The molecular weight excluding hydrogens is 657 g/mol. The van der Waals surface area contributed by atoms with Gasteiger partial charge in [0.2, 0.25) is 12.3 Å². The minimum absolute atomic E-state index is 0.0115. The van der Waals surface area contributed by atoms with Crippen LogP contribution in [0, 0.1) is 5.92 Å². The minimum Gasteiger partial charge on any atom is -0.494 e. The normalized spacial score (nSPS) is 16.0. The Hall–Kier alpha value is -4.48. The number of amides is 1. The van der Waals surface area contributed by atoms with Gasteiger partial charge in [0.15, 0.2) is 5.78 Å². The third kappa shape index (κ3) is 9.19. The number of hydrogen-bond acceptors (Lipinski definition) is 8. The van der Waals surface area contributed by atoms with Gasteiger partial charge in [-0.2, -0.15) is 0 Å². The number of primary amides is 1. The van der Waals surface area contributed by atoms with Gasteiger partial charge in [-0.1, -0.05) is 51.3 Å². The molecule has 0 spiro atoms. The molecule has 4 aromatic rings. The Bertz CT molecular complexity index is 1860. The Morgan fingerprint density at radius 1 is 1.14 bits per heavy atom. The summed E-state index contributed by atoms with van der Waals surface area (Å²) in [6.07, 6.45) is 6.68. The predicted molar refractivity (Wildman–Crippen MR) is 201 cm³/mol. The molecule has 0 radical (unpaired) electrons. The zero-order chi connectivity index (χ0) is 36.7. The Morgan fingerprint density at radius 2 is 1.80 bits per heavy atom. The van der Waals surface area contributed by atoms with E-state index in [4.69, 9.17) is 25.2 Å². The lowest BCUT2D eigenvalue weighted by Gasteiger charge is -2.24. The molecule has 6 rings (SSSR count). The number of anilines is 1. The first kappa shape index (κ1) is 38.3. The molecule has 1 amide bonds. The summed E-state index contributed by atoms with van der Waals surface area (Å²) in [6, 6.07) is 12.3. The molecule has 1 fully saturated rings. The number of rotatable bonds is 11. The van der Waals surface area contributed by atoms with Crippen LogP contribution in [0.3, 0.4) is 0 Å². The van der Waals surface area contributed by atoms with Crippen molar-refractivity contribution < 1.29 is 23.1 Å². The summed E-state index contributed by atoms with van der Waals surface area (Å²) >= 11 is 1.68. The molecule has 3 unspecified atom stereocenters. The fourth-order valence-electron chi connectivity index (χ4n) is 6.04. The molecule has 11 heteroatoms. The second kappa shape index (κ2) is 16.5. The number of fused-ring (bicyclic) bond motifs is 2. The molecule has 50 heavy (non-hydrogen) atoms. The lowest BCUT2D eigenvalue weighted by Crippen LogP contribution is -2.23. The van der Waals surface area contributed by atoms with Crippen molar-refractivity contribution in [2.45, 2.75) is 70.6 Å². The standard InChI is InChI=1S/C35H38N4O2S.C3H6F2.CH3NO/c1-6-21-8-11-24(13-22(21)7-2)32-33-26(20(4)18-37-33)16-28(38-32)27(17-36)19(3)12-29(40)25-14-30(41-5)34-31(15-25)42-35(39-34)23-9-10-23;1-3(2,4)5;2-1-3/h6-8,11,13-16,19-20,23,27,37H,1-2,9-10,12,17-18,36H2,3-5H3;1-2H3;1H,(H2,2,3). The molecule has 0 bridgehead atoms. The first-order valence-electron chi connectivity index (χ1n) is 16.7. The summed E-state index contributed by atoms with van der Waals surface area (Å²) in [6.45, 7) is 15.2. The van der Waals surface area contributed by atoms with Gasteiger partial charge in [-0.15, -0.1) is 11.3 Å². The summed E-state index contributed by atoms with van der Waals surface area (Å²) in [5.41, 5.74) is 19.3. The number of carbonyl (C=O) groups excluding carboxylic acids is 2. The van der Waals surface area contributed by atoms with Gasteiger partial charge in [-0.25, -0.2) is 13.8 Å². The van der Waals surface area contributed by atoms with Crippen LogP contribution in [0.1, 0.15) is 102 Å². The van der Waals surface area contributed by atoms with Gasteiger partial charge in [0, 0.05) is 54.1 Å². The van der Waals surface area contributed by atoms with Crippen LogP contribution in [0.25, 0.3) is 33.6 Å². The number of benzene rings is 2. The van der Waals surface area contributed by atoms with Crippen LogP contribution >= 0.6 is 11.3 Å². The highest BCUT2D eigenvalue weighted by Crippen LogP contribution is 2.45. The number of hydrogen-bond donors (Lipinski definition) is 3. The van der Waals surface area contributed by atoms with Crippen LogP contribution in [0.15, 0.2) is 49.6 Å². The summed E-state index contributed by atoms with van der Waals surface area (Å²) in [5.74, 6) is -0.941. The average molecular weight is 704 g/mol. The first-order valence-corrected chi connectivity index (χ1v) is 17.5. The van der Waals surface area contributed by atoms with Crippen molar-refractivity contribution in [2.75, 3.05) is 25.5 Å². The quantitative estimate of drug-likeness (QED) is 0.105.